The van der Waals surface area contributed by atoms with Crippen molar-refractivity contribution in [2.45, 2.75) is 0 Å². The van der Waals surface area contributed by atoms with Gasteiger partial charge in [0.15, 0.2) is 11.5 Å². The number of nitrogens with zero attached hydrogens (tertiary/aromatic N) is 2. The quantitative estimate of drug-likeness (QED) is 0.587. The number of hydrogen-bond donors (Lipinski definition) is 3. The monoisotopic (exact) mass is 294 g/mol. The van der Waals surface area contributed by atoms with E-state index in [0.717, 1.165) is 0 Å². The van der Waals surface area contributed by atoms with Crippen molar-refractivity contribution in [3.8, 4) is 11.5 Å². The van der Waals surface area contributed by atoms with Crippen LogP contribution in [-0.2, 0) is 0 Å². The SMILES string of the molecule is COc1cccc(/C=N\Nc2cn[nH]c(=O)c2Cl)c1O. The zero-order valence-corrected chi connectivity index (χ0v) is 11.2. The number of hydrogen-bond acceptors (Lipinski definition) is 6. The molecule has 104 valence electrons. The number of para-hydroxylation sites is 1. The highest BCUT2D eigenvalue weighted by molar-refractivity contribution is 6.32. The van der Waals surface area contributed by atoms with Gasteiger partial charge in [-0.05, 0) is 12.1 Å². The van der Waals surface area contributed by atoms with E-state index in [2.05, 4.69) is 20.7 Å². The van der Waals surface area contributed by atoms with Gasteiger partial charge < -0.3 is 9.84 Å². The van der Waals surface area contributed by atoms with E-state index in [-0.39, 0.29) is 16.5 Å². The number of benzene rings is 1. The zero-order chi connectivity index (χ0) is 14.5. The average Bonchev–Trinajstić information content (AvgIpc) is 2.45. The van der Waals surface area contributed by atoms with Gasteiger partial charge in [-0.15, -0.1) is 0 Å². The van der Waals surface area contributed by atoms with Gasteiger partial charge in [-0.2, -0.15) is 10.2 Å². The Morgan fingerprint density at radius 3 is 3.10 bits per heavy atom. The van der Waals surface area contributed by atoms with Crippen molar-refractivity contribution in [3.05, 3.63) is 45.3 Å². The molecule has 0 radical (unpaired) electrons. The largest absolute Gasteiger partial charge is 0.504 e. The van der Waals surface area contributed by atoms with Gasteiger partial charge in [0.25, 0.3) is 5.56 Å². The van der Waals surface area contributed by atoms with Crippen molar-refractivity contribution in [2.75, 3.05) is 12.5 Å². The number of aromatic amines is 1. The van der Waals surface area contributed by atoms with Gasteiger partial charge in [-0.25, -0.2) is 5.10 Å². The molecular weight excluding hydrogens is 284 g/mol. The second-order valence-corrected chi connectivity index (χ2v) is 4.07. The molecule has 0 spiro atoms. The van der Waals surface area contributed by atoms with Crippen molar-refractivity contribution in [2.24, 2.45) is 5.10 Å². The van der Waals surface area contributed by atoms with Crippen LogP contribution in [0.3, 0.4) is 0 Å². The first-order valence-corrected chi connectivity index (χ1v) is 5.89. The van der Waals surface area contributed by atoms with Crippen molar-refractivity contribution in [1.29, 1.82) is 0 Å². The Balaban J connectivity index is 2.19. The number of aromatic nitrogens is 2. The van der Waals surface area contributed by atoms with E-state index < -0.39 is 5.56 Å². The molecule has 20 heavy (non-hydrogen) atoms. The third kappa shape index (κ3) is 2.89. The lowest BCUT2D eigenvalue weighted by Crippen LogP contribution is -2.10. The van der Waals surface area contributed by atoms with E-state index >= 15 is 0 Å². The predicted molar refractivity (Wildman–Crippen MR) is 75.7 cm³/mol. The van der Waals surface area contributed by atoms with Gasteiger partial charge in [-0.3, -0.25) is 10.2 Å². The number of H-pyrrole nitrogens is 1. The molecule has 1 aromatic carbocycles. The van der Waals surface area contributed by atoms with Crippen LogP contribution in [0.15, 0.2) is 34.3 Å². The lowest BCUT2D eigenvalue weighted by atomic mass is 10.2. The smallest absolute Gasteiger partial charge is 0.285 e. The van der Waals surface area contributed by atoms with Gasteiger partial charge >= 0.3 is 0 Å². The molecule has 1 heterocycles. The molecule has 3 N–H and O–H groups in total. The molecule has 7 nitrogen and oxygen atoms in total. The van der Waals surface area contributed by atoms with Crippen LogP contribution in [-0.4, -0.2) is 28.6 Å². The summed E-state index contributed by atoms with van der Waals surface area (Å²) in [6, 6.07) is 4.99. The molecule has 0 aliphatic carbocycles. The van der Waals surface area contributed by atoms with Crippen LogP contribution in [0.5, 0.6) is 11.5 Å². The van der Waals surface area contributed by atoms with Gasteiger partial charge in [0.1, 0.15) is 10.7 Å². The summed E-state index contributed by atoms with van der Waals surface area (Å²) in [6.45, 7) is 0. The van der Waals surface area contributed by atoms with E-state index in [1.807, 2.05) is 0 Å². The van der Waals surface area contributed by atoms with Gasteiger partial charge in [0.05, 0.1) is 19.5 Å². The van der Waals surface area contributed by atoms with E-state index in [0.29, 0.717) is 11.3 Å². The molecule has 8 heteroatoms. The van der Waals surface area contributed by atoms with Crippen molar-refractivity contribution < 1.29 is 9.84 Å². The number of phenolic OH excluding ortho intramolecular Hbond substituents is 1. The van der Waals surface area contributed by atoms with Crippen LogP contribution in [0.2, 0.25) is 5.02 Å². The molecule has 0 aliphatic rings. The maximum Gasteiger partial charge on any atom is 0.285 e. The first kappa shape index (κ1) is 13.9. The Bertz CT molecular complexity index is 699. The lowest BCUT2D eigenvalue weighted by molar-refractivity contribution is 0.373. The minimum absolute atomic E-state index is 0.0318. The summed E-state index contributed by atoms with van der Waals surface area (Å²) in [5, 5.41) is 19.5. The number of nitrogens with one attached hydrogen (secondary N) is 2. The van der Waals surface area contributed by atoms with E-state index in [9.17, 15) is 9.90 Å². The average molecular weight is 295 g/mol. The van der Waals surface area contributed by atoms with Crippen molar-refractivity contribution in [1.82, 2.24) is 10.2 Å². The fourth-order valence-electron chi connectivity index (χ4n) is 1.44. The summed E-state index contributed by atoms with van der Waals surface area (Å²) in [7, 11) is 1.45. The molecule has 0 bridgehead atoms. The Hall–Kier alpha value is -2.54. The standard InChI is InChI=1S/C12H11ClN4O3/c1-20-9-4-2-3-7(11(9)18)5-14-16-8-6-15-17-12(19)10(8)13/h2-6,18H,1H3,(H2,16,17,19)/b14-5-. The first-order chi connectivity index (χ1) is 9.63. The molecule has 2 aromatic rings. The fourth-order valence-corrected chi connectivity index (χ4v) is 1.57. The number of methoxy groups -OCH3 is 1. The molecule has 0 aliphatic heterocycles. The fraction of sp³-hybridized carbons (Fsp3) is 0.0833. The Kier molecular flexibility index (Phi) is 4.21. The first-order valence-electron chi connectivity index (χ1n) is 5.51. The Labute approximate surface area is 118 Å². The number of anilines is 1. The zero-order valence-electron chi connectivity index (χ0n) is 10.4. The van der Waals surface area contributed by atoms with Gasteiger partial charge in [0, 0.05) is 5.56 Å². The lowest BCUT2D eigenvalue weighted by Gasteiger charge is -2.05. The molecule has 2 rings (SSSR count). The number of ether oxygens (including phenoxy) is 1. The number of phenols is 1. The summed E-state index contributed by atoms with van der Waals surface area (Å²) in [6.07, 6.45) is 2.70. The van der Waals surface area contributed by atoms with Crippen LogP contribution < -0.4 is 15.7 Å². The minimum Gasteiger partial charge on any atom is -0.504 e. The third-order valence-corrected chi connectivity index (χ3v) is 2.81. The number of aromatic hydroxyl groups is 1. The number of hydrazone groups is 1. The molecule has 0 fully saturated rings. The number of halogens is 1. The van der Waals surface area contributed by atoms with Crippen molar-refractivity contribution >= 4 is 23.5 Å². The van der Waals surface area contributed by atoms with Crippen LogP contribution in [0.1, 0.15) is 5.56 Å². The third-order valence-electron chi connectivity index (χ3n) is 2.43. The minimum atomic E-state index is -0.518. The topological polar surface area (TPSA) is 99.6 Å². The molecule has 0 saturated carbocycles. The summed E-state index contributed by atoms with van der Waals surface area (Å²) in [5.41, 5.74) is 2.76. The van der Waals surface area contributed by atoms with Crippen molar-refractivity contribution in [3.63, 3.8) is 0 Å². The summed E-state index contributed by atoms with van der Waals surface area (Å²) < 4.78 is 4.98. The van der Waals surface area contributed by atoms with Crippen LogP contribution >= 0.6 is 11.6 Å². The molecule has 0 saturated heterocycles. The number of rotatable bonds is 4. The molecular formula is C12H11ClN4O3. The van der Waals surface area contributed by atoms with Crippen LogP contribution in [0.4, 0.5) is 5.69 Å². The molecule has 0 unspecified atom stereocenters. The molecule has 1 aromatic heterocycles. The van der Waals surface area contributed by atoms with Crippen LogP contribution in [0.25, 0.3) is 0 Å². The second-order valence-electron chi connectivity index (χ2n) is 3.69. The van der Waals surface area contributed by atoms with E-state index in [1.54, 1.807) is 18.2 Å². The highest BCUT2D eigenvalue weighted by Gasteiger charge is 2.05. The van der Waals surface area contributed by atoms with Crippen LogP contribution in [0, 0.1) is 0 Å². The Morgan fingerprint density at radius 1 is 1.55 bits per heavy atom. The maximum atomic E-state index is 11.2. The van der Waals surface area contributed by atoms with E-state index in [1.165, 1.54) is 19.5 Å². The Morgan fingerprint density at radius 2 is 2.35 bits per heavy atom. The van der Waals surface area contributed by atoms with Gasteiger partial charge in [0.2, 0.25) is 0 Å². The second kappa shape index (κ2) is 6.07. The highest BCUT2D eigenvalue weighted by atomic mass is 35.5. The normalized spacial score (nSPS) is 10.7. The molecule has 0 amide bonds. The summed E-state index contributed by atoms with van der Waals surface area (Å²) in [4.78, 5) is 11.2. The highest BCUT2D eigenvalue weighted by Crippen LogP contribution is 2.28. The predicted octanol–water partition coefficient (Wildman–Crippen LogP) is 1.58. The van der Waals surface area contributed by atoms with E-state index in [4.69, 9.17) is 16.3 Å². The van der Waals surface area contributed by atoms with Gasteiger partial charge in [-0.1, -0.05) is 17.7 Å². The summed E-state index contributed by atoms with van der Waals surface area (Å²) >= 11 is 5.76. The summed E-state index contributed by atoms with van der Waals surface area (Å²) in [5.74, 6) is 0.306. The maximum absolute atomic E-state index is 11.2. The molecule has 0 atom stereocenters.